The van der Waals surface area contributed by atoms with Gasteiger partial charge in [0.25, 0.3) is 0 Å². The molecule has 2 aromatic carbocycles. The molecular formula is C19H21N3O3. The molecule has 1 atom stereocenters. The Bertz CT molecular complexity index is 871. The van der Waals surface area contributed by atoms with E-state index in [0.29, 0.717) is 6.61 Å². The topological polar surface area (TPSA) is 65.4 Å². The Morgan fingerprint density at radius 1 is 1.20 bits per heavy atom. The second-order valence-corrected chi connectivity index (χ2v) is 5.90. The number of fused-ring (bicyclic) bond motifs is 1. The van der Waals surface area contributed by atoms with Crippen LogP contribution in [-0.4, -0.2) is 35.4 Å². The highest BCUT2D eigenvalue weighted by Crippen LogP contribution is 2.22. The molecule has 0 aliphatic carbocycles. The Labute approximate surface area is 146 Å². The first-order valence-corrected chi connectivity index (χ1v) is 8.09. The van der Waals surface area contributed by atoms with Gasteiger partial charge >= 0.3 is 0 Å². The number of amides is 1. The van der Waals surface area contributed by atoms with Crippen molar-refractivity contribution in [2.24, 2.45) is 0 Å². The van der Waals surface area contributed by atoms with Crippen molar-refractivity contribution in [1.82, 2.24) is 15.1 Å². The summed E-state index contributed by atoms with van der Waals surface area (Å²) >= 11 is 0. The van der Waals surface area contributed by atoms with Crippen LogP contribution in [0.25, 0.3) is 16.6 Å². The van der Waals surface area contributed by atoms with Gasteiger partial charge in [-0.05, 0) is 49.4 Å². The van der Waals surface area contributed by atoms with E-state index < -0.39 is 0 Å². The van der Waals surface area contributed by atoms with Crippen molar-refractivity contribution >= 4 is 16.8 Å². The maximum absolute atomic E-state index is 11.0. The summed E-state index contributed by atoms with van der Waals surface area (Å²) in [6, 6.07) is 13.4. The van der Waals surface area contributed by atoms with Crippen LogP contribution in [0.4, 0.5) is 0 Å². The molecule has 6 heteroatoms. The quantitative estimate of drug-likeness (QED) is 0.750. The molecule has 3 aromatic rings. The van der Waals surface area contributed by atoms with Gasteiger partial charge in [0.05, 0.1) is 24.4 Å². The van der Waals surface area contributed by atoms with E-state index in [1.807, 2.05) is 60.3 Å². The first-order valence-electron chi connectivity index (χ1n) is 8.09. The summed E-state index contributed by atoms with van der Waals surface area (Å²) in [5, 5.41) is 8.37. The van der Waals surface area contributed by atoms with Gasteiger partial charge in [0, 0.05) is 18.5 Å². The lowest BCUT2D eigenvalue weighted by atomic mass is 10.2. The third-order valence-corrected chi connectivity index (χ3v) is 3.76. The highest BCUT2D eigenvalue weighted by Gasteiger charge is 2.06. The van der Waals surface area contributed by atoms with Crippen LogP contribution >= 0.6 is 0 Å². The summed E-state index contributed by atoms with van der Waals surface area (Å²) in [7, 11) is 1.65. The SMILES string of the molecule is COc1ccc2nn(-c3ccc(OCC(C)NC(C)=O)cc3)cc2c1. The summed E-state index contributed by atoms with van der Waals surface area (Å²) in [5.41, 5.74) is 1.85. The number of methoxy groups -OCH3 is 1. The van der Waals surface area contributed by atoms with Gasteiger partial charge in [0.15, 0.2) is 0 Å². The Balaban J connectivity index is 1.70. The molecule has 1 N–H and O–H groups in total. The number of nitrogens with one attached hydrogen (secondary N) is 1. The minimum Gasteiger partial charge on any atom is -0.497 e. The molecule has 0 aliphatic rings. The highest BCUT2D eigenvalue weighted by molar-refractivity contribution is 5.80. The molecule has 1 heterocycles. The van der Waals surface area contributed by atoms with Crippen molar-refractivity contribution in [3.05, 3.63) is 48.7 Å². The zero-order valence-electron chi connectivity index (χ0n) is 14.5. The summed E-state index contributed by atoms with van der Waals surface area (Å²) < 4.78 is 12.8. The smallest absolute Gasteiger partial charge is 0.217 e. The molecule has 1 unspecified atom stereocenters. The van der Waals surface area contributed by atoms with Gasteiger partial charge in [-0.2, -0.15) is 5.10 Å². The van der Waals surface area contributed by atoms with Gasteiger partial charge in [-0.3, -0.25) is 4.79 Å². The number of carbonyl (C=O) groups is 1. The number of carbonyl (C=O) groups excluding carboxylic acids is 1. The van der Waals surface area contributed by atoms with Crippen LogP contribution in [-0.2, 0) is 4.79 Å². The lowest BCUT2D eigenvalue weighted by Gasteiger charge is -2.14. The summed E-state index contributed by atoms with van der Waals surface area (Å²) in [6.07, 6.45) is 1.96. The molecule has 0 saturated heterocycles. The van der Waals surface area contributed by atoms with Crippen LogP contribution < -0.4 is 14.8 Å². The van der Waals surface area contributed by atoms with E-state index >= 15 is 0 Å². The number of hydrogen-bond donors (Lipinski definition) is 1. The molecule has 0 fully saturated rings. The predicted octanol–water partition coefficient (Wildman–Crippen LogP) is 2.94. The van der Waals surface area contributed by atoms with Crippen LogP contribution in [0.5, 0.6) is 11.5 Å². The van der Waals surface area contributed by atoms with E-state index in [4.69, 9.17) is 9.47 Å². The van der Waals surface area contributed by atoms with Crippen LogP contribution in [0.1, 0.15) is 13.8 Å². The van der Waals surface area contributed by atoms with Crippen molar-refractivity contribution in [2.75, 3.05) is 13.7 Å². The van der Waals surface area contributed by atoms with Gasteiger partial charge in [0.1, 0.15) is 18.1 Å². The summed E-state index contributed by atoms with van der Waals surface area (Å²) in [5.74, 6) is 1.50. The second-order valence-electron chi connectivity index (χ2n) is 5.90. The molecule has 0 radical (unpaired) electrons. The van der Waals surface area contributed by atoms with Gasteiger partial charge in [-0.15, -0.1) is 0 Å². The van der Waals surface area contributed by atoms with Crippen LogP contribution in [0, 0.1) is 0 Å². The molecule has 1 amide bonds. The van der Waals surface area contributed by atoms with Gasteiger partial charge < -0.3 is 14.8 Å². The Kier molecular flexibility index (Phi) is 4.88. The van der Waals surface area contributed by atoms with Gasteiger partial charge in [0.2, 0.25) is 5.91 Å². The fourth-order valence-corrected chi connectivity index (χ4v) is 2.57. The van der Waals surface area contributed by atoms with E-state index in [0.717, 1.165) is 28.1 Å². The van der Waals surface area contributed by atoms with Crippen LogP contribution in [0.3, 0.4) is 0 Å². The number of hydrogen-bond acceptors (Lipinski definition) is 4. The highest BCUT2D eigenvalue weighted by atomic mass is 16.5. The molecular weight excluding hydrogens is 318 g/mol. The Morgan fingerprint density at radius 2 is 1.92 bits per heavy atom. The van der Waals surface area contributed by atoms with Crippen LogP contribution in [0.2, 0.25) is 0 Å². The molecule has 0 saturated carbocycles. The summed E-state index contributed by atoms with van der Waals surface area (Å²) in [4.78, 5) is 11.0. The number of ether oxygens (including phenoxy) is 2. The Morgan fingerprint density at radius 3 is 2.60 bits per heavy atom. The monoisotopic (exact) mass is 339 g/mol. The average molecular weight is 339 g/mol. The van der Waals surface area contributed by atoms with Gasteiger partial charge in [-0.25, -0.2) is 4.68 Å². The van der Waals surface area contributed by atoms with E-state index in [2.05, 4.69) is 10.4 Å². The molecule has 6 nitrogen and oxygen atoms in total. The number of benzene rings is 2. The van der Waals surface area contributed by atoms with Crippen molar-refractivity contribution in [3.8, 4) is 17.2 Å². The standard InChI is InChI=1S/C19H21N3O3/c1-13(20-14(2)23)12-25-17-6-4-16(5-7-17)22-11-15-10-18(24-3)8-9-19(15)21-22/h4-11,13H,12H2,1-3H3,(H,20,23). The second kappa shape index (κ2) is 7.25. The fourth-order valence-electron chi connectivity index (χ4n) is 2.57. The fraction of sp³-hybridized carbons (Fsp3) is 0.263. The predicted molar refractivity (Wildman–Crippen MR) is 96.4 cm³/mol. The van der Waals surface area contributed by atoms with Crippen molar-refractivity contribution < 1.29 is 14.3 Å². The van der Waals surface area contributed by atoms with E-state index in [1.165, 1.54) is 6.92 Å². The van der Waals surface area contributed by atoms with E-state index in [-0.39, 0.29) is 11.9 Å². The largest absolute Gasteiger partial charge is 0.497 e. The third-order valence-electron chi connectivity index (χ3n) is 3.76. The average Bonchev–Trinajstić information content (AvgIpc) is 3.03. The van der Waals surface area contributed by atoms with E-state index in [9.17, 15) is 4.79 Å². The molecule has 130 valence electrons. The number of aromatic nitrogens is 2. The molecule has 0 bridgehead atoms. The van der Waals surface area contributed by atoms with Crippen molar-refractivity contribution in [3.63, 3.8) is 0 Å². The van der Waals surface area contributed by atoms with Gasteiger partial charge in [-0.1, -0.05) is 0 Å². The Hall–Kier alpha value is -3.02. The number of nitrogens with zero attached hydrogens (tertiary/aromatic N) is 2. The number of rotatable bonds is 6. The molecule has 1 aromatic heterocycles. The summed E-state index contributed by atoms with van der Waals surface area (Å²) in [6.45, 7) is 3.82. The van der Waals surface area contributed by atoms with Crippen LogP contribution in [0.15, 0.2) is 48.7 Å². The molecule has 3 rings (SSSR count). The first-order chi connectivity index (χ1) is 12.0. The minimum absolute atomic E-state index is 0.0384. The van der Waals surface area contributed by atoms with Crippen molar-refractivity contribution in [1.29, 1.82) is 0 Å². The molecule has 25 heavy (non-hydrogen) atoms. The third kappa shape index (κ3) is 4.09. The van der Waals surface area contributed by atoms with E-state index in [1.54, 1.807) is 7.11 Å². The normalized spacial score (nSPS) is 12.0. The molecule has 0 spiro atoms. The molecule has 0 aliphatic heterocycles. The lowest BCUT2D eigenvalue weighted by molar-refractivity contribution is -0.119. The first kappa shape index (κ1) is 16.8. The zero-order valence-corrected chi connectivity index (χ0v) is 14.5. The maximum atomic E-state index is 11.0. The van der Waals surface area contributed by atoms with Crippen molar-refractivity contribution in [2.45, 2.75) is 19.9 Å². The maximum Gasteiger partial charge on any atom is 0.217 e. The zero-order chi connectivity index (χ0) is 17.8. The minimum atomic E-state index is -0.0613. The lowest BCUT2D eigenvalue weighted by Crippen LogP contribution is -2.35.